The Morgan fingerprint density at radius 3 is 0.829 bits per heavy atom. The molecule has 0 heterocycles. The third-order valence-corrected chi connectivity index (χ3v) is 12.6. The van der Waals surface area contributed by atoms with Crippen molar-refractivity contribution >= 4 is 17.9 Å². The maximum absolute atomic E-state index is 12.9. The van der Waals surface area contributed by atoms with Gasteiger partial charge in [0.05, 0.1) is 0 Å². The summed E-state index contributed by atoms with van der Waals surface area (Å²) in [6, 6.07) is 0. The number of hydrogen-bond acceptors (Lipinski definition) is 6. The molecule has 0 aliphatic carbocycles. The van der Waals surface area contributed by atoms with Crippen molar-refractivity contribution in [2.24, 2.45) is 0 Å². The van der Waals surface area contributed by atoms with Gasteiger partial charge in [0, 0.05) is 19.3 Å². The number of ether oxygens (including phenoxy) is 3. The van der Waals surface area contributed by atoms with E-state index in [2.05, 4.69) is 167 Å². The van der Waals surface area contributed by atoms with Crippen LogP contribution in [0.1, 0.15) is 258 Å². The van der Waals surface area contributed by atoms with Crippen LogP contribution in [0.15, 0.2) is 146 Å². The Hall–Kier alpha value is -4.71. The van der Waals surface area contributed by atoms with Crippen molar-refractivity contribution in [1.29, 1.82) is 0 Å². The zero-order chi connectivity index (χ0) is 55.0. The molecule has 0 fully saturated rings. The maximum atomic E-state index is 12.9. The third-order valence-electron chi connectivity index (χ3n) is 12.6. The minimum Gasteiger partial charge on any atom is -0.462 e. The second-order valence-corrected chi connectivity index (χ2v) is 19.8. The van der Waals surface area contributed by atoms with E-state index in [0.717, 1.165) is 148 Å². The van der Waals surface area contributed by atoms with Crippen molar-refractivity contribution in [3.05, 3.63) is 146 Å². The number of rotatable bonds is 54. The molecule has 0 radical (unpaired) electrons. The highest BCUT2D eigenvalue weighted by molar-refractivity contribution is 5.71. The molecule has 0 saturated heterocycles. The molecule has 0 aromatic carbocycles. The molecule has 76 heavy (non-hydrogen) atoms. The fraction of sp³-hybridized carbons (Fsp3) is 0.614. The largest absolute Gasteiger partial charge is 0.462 e. The van der Waals surface area contributed by atoms with Crippen LogP contribution in [0.25, 0.3) is 0 Å². The summed E-state index contributed by atoms with van der Waals surface area (Å²) in [4.78, 5) is 38.2. The topological polar surface area (TPSA) is 78.9 Å². The van der Waals surface area contributed by atoms with Gasteiger partial charge in [-0.2, -0.15) is 0 Å². The molecule has 0 saturated carbocycles. The van der Waals surface area contributed by atoms with Gasteiger partial charge in [0.25, 0.3) is 0 Å². The van der Waals surface area contributed by atoms with Gasteiger partial charge in [0.2, 0.25) is 0 Å². The summed E-state index contributed by atoms with van der Waals surface area (Å²) in [6.45, 7) is 6.31. The smallest absolute Gasteiger partial charge is 0.306 e. The third kappa shape index (κ3) is 60.2. The van der Waals surface area contributed by atoms with E-state index in [1.165, 1.54) is 64.2 Å². The Morgan fingerprint density at radius 1 is 0.276 bits per heavy atom. The molecule has 1 atom stereocenters. The summed E-state index contributed by atoms with van der Waals surface area (Å²) in [5.41, 5.74) is 0. The highest BCUT2D eigenvalue weighted by Crippen LogP contribution is 2.14. The summed E-state index contributed by atoms with van der Waals surface area (Å²) >= 11 is 0. The van der Waals surface area contributed by atoms with Crippen LogP contribution in [0.5, 0.6) is 0 Å². The lowest BCUT2D eigenvalue weighted by Gasteiger charge is -2.18. The predicted molar refractivity (Wildman–Crippen MR) is 329 cm³/mol. The first-order valence-corrected chi connectivity index (χ1v) is 30.8. The minimum absolute atomic E-state index is 0.106. The normalized spacial score (nSPS) is 13.1. The summed E-state index contributed by atoms with van der Waals surface area (Å²) in [5, 5.41) is 0. The molecule has 0 N–H and O–H groups in total. The van der Waals surface area contributed by atoms with E-state index in [9.17, 15) is 14.4 Å². The SMILES string of the molecule is CC/C=C\C/C=C\C/C=C\C/C=C\C/C=C\C/C=C\CCCCCCCCCCCCC(=O)OCC(COC(=O)CCCCCCC/C=C\C/C=C\CCCC)OC(=O)CCCC/C=C\C/C=C\C/C=C\C/C=C\CC. The van der Waals surface area contributed by atoms with Crippen LogP contribution in [0.3, 0.4) is 0 Å². The fourth-order valence-corrected chi connectivity index (χ4v) is 7.98. The van der Waals surface area contributed by atoms with Crippen LogP contribution < -0.4 is 0 Å². The molecule has 428 valence electrons. The van der Waals surface area contributed by atoms with Gasteiger partial charge < -0.3 is 14.2 Å². The van der Waals surface area contributed by atoms with Gasteiger partial charge >= 0.3 is 17.9 Å². The van der Waals surface area contributed by atoms with Gasteiger partial charge in [-0.05, 0) is 135 Å². The number of allylic oxidation sites excluding steroid dienone is 24. The second kappa shape index (κ2) is 62.8. The standard InChI is InChI=1S/C70H112O6/c1-4-7-10-13-16-19-22-25-28-29-30-31-32-33-34-35-36-37-38-39-40-41-43-45-48-51-54-57-60-63-69(72)75-66-67(65-74-68(71)62-59-56-53-50-47-44-27-24-21-18-15-12-9-6-3)76-70(73)64-61-58-55-52-49-46-42-26-23-20-17-14-11-8-5-2/h7-8,10-11,15-20,24-28,30-31,33-34,36-37,42,49,52,67H,4-6,9,12-14,21-23,29,32,35,38-41,43-48,50-51,53-66H2,1-3H3/b10-7-,11-8-,18-15-,19-16-,20-17-,27-24-,28-25-,31-30-,34-33-,37-36-,42-26-,52-49-. The Bertz CT molecular complexity index is 1680. The van der Waals surface area contributed by atoms with Crippen molar-refractivity contribution in [3.8, 4) is 0 Å². The number of unbranched alkanes of at least 4 members (excludes halogenated alkanes) is 19. The van der Waals surface area contributed by atoms with E-state index in [1.54, 1.807) is 0 Å². The number of carbonyl (C=O) groups excluding carboxylic acids is 3. The van der Waals surface area contributed by atoms with E-state index >= 15 is 0 Å². The highest BCUT2D eigenvalue weighted by atomic mass is 16.6. The van der Waals surface area contributed by atoms with Gasteiger partial charge in [-0.3, -0.25) is 14.4 Å². The van der Waals surface area contributed by atoms with Gasteiger partial charge in [-0.1, -0.05) is 250 Å². The zero-order valence-electron chi connectivity index (χ0n) is 49.0. The molecule has 0 bridgehead atoms. The van der Waals surface area contributed by atoms with Crippen LogP contribution in [0.4, 0.5) is 0 Å². The van der Waals surface area contributed by atoms with E-state index in [0.29, 0.717) is 19.3 Å². The molecule has 6 heteroatoms. The minimum atomic E-state index is -0.814. The van der Waals surface area contributed by atoms with Crippen molar-refractivity contribution < 1.29 is 28.6 Å². The average molecular weight is 1050 g/mol. The quantitative estimate of drug-likeness (QED) is 0.0261. The summed E-state index contributed by atoms with van der Waals surface area (Å²) in [7, 11) is 0. The first-order chi connectivity index (χ1) is 37.5. The number of esters is 3. The van der Waals surface area contributed by atoms with E-state index in [-0.39, 0.29) is 37.5 Å². The summed E-state index contributed by atoms with van der Waals surface area (Å²) < 4.78 is 16.8. The molecule has 0 aliphatic rings. The van der Waals surface area contributed by atoms with Gasteiger partial charge in [0.15, 0.2) is 6.10 Å². The van der Waals surface area contributed by atoms with Crippen molar-refractivity contribution in [2.45, 2.75) is 264 Å². The first-order valence-electron chi connectivity index (χ1n) is 30.8. The zero-order valence-corrected chi connectivity index (χ0v) is 49.0. The molecule has 0 rings (SSSR count). The van der Waals surface area contributed by atoms with Gasteiger partial charge in [0.1, 0.15) is 13.2 Å². The van der Waals surface area contributed by atoms with E-state index in [4.69, 9.17) is 14.2 Å². The maximum Gasteiger partial charge on any atom is 0.306 e. The second-order valence-electron chi connectivity index (χ2n) is 19.8. The van der Waals surface area contributed by atoms with Crippen molar-refractivity contribution in [3.63, 3.8) is 0 Å². The first kappa shape index (κ1) is 71.3. The molecular weight excluding hydrogens is 937 g/mol. The van der Waals surface area contributed by atoms with Crippen LogP contribution >= 0.6 is 0 Å². The lowest BCUT2D eigenvalue weighted by molar-refractivity contribution is -0.167. The Morgan fingerprint density at radius 2 is 0.513 bits per heavy atom. The fourth-order valence-electron chi connectivity index (χ4n) is 7.98. The summed E-state index contributed by atoms with van der Waals surface area (Å²) in [6.07, 6.45) is 89.9. The average Bonchev–Trinajstić information content (AvgIpc) is 3.42. The van der Waals surface area contributed by atoms with Gasteiger partial charge in [-0.25, -0.2) is 0 Å². The van der Waals surface area contributed by atoms with Crippen LogP contribution in [0, 0.1) is 0 Å². The van der Waals surface area contributed by atoms with Crippen molar-refractivity contribution in [2.75, 3.05) is 13.2 Å². The molecule has 0 aromatic heterocycles. The van der Waals surface area contributed by atoms with Gasteiger partial charge in [-0.15, -0.1) is 0 Å². The number of carbonyl (C=O) groups is 3. The molecular formula is C70H112O6. The Balaban J connectivity index is 4.35. The monoisotopic (exact) mass is 1050 g/mol. The molecule has 0 aliphatic heterocycles. The predicted octanol–water partition coefficient (Wildman–Crippen LogP) is 21.2. The lowest BCUT2D eigenvalue weighted by Crippen LogP contribution is -2.30. The van der Waals surface area contributed by atoms with Crippen LogP contribution in [0.2, 0.25) is 0 Å². The van der Waals surface area contributed by atoms with E-state index < -0.39 is 6.10 Å². The van der Waals surface area contributed by atoms with Crippen LogP contribution in [-0.2, 0) is 28.6 Å². The van der Waals surface area contributed by atoms with Crippen LogP contribution in [-0.4, -0.2) is 37.2 Å². The molecule has 0 amide bonds. The Kier molecular flexibility index (Phi) is 58.9. The number of hydrogen-bond donors (Lipinski definition) is 0. The molecule has 0 aromatic rings. The highest BCUT2D eigenvalue weighted by Gasteiger charge is 2.19. The molecule has 0 spiro atoms. The van der Waals surface area contributed by atoms with Crippen molar-refractivity contribution in [1.82, 2.24) is 0 Å². The molecule has 1 unspecified atom stereocenters. The van der Waals surface area contributed by atoms with E-state index in [1.807, 2.05) is 0 Å². The summed E-state index contributed by atoms with van der Waals surface area (Å²) in [5.74, 6) is -0.970. The lowest BCUT2D eigenvalue weighted by atomic mass is 10.1. The Labute approximate surface area is 467 Å². The molecule has 6 nitrogen and oxygen atoms in total.